The van der Waals surface area contributed by atoms with Gasteiger partial charge < -0.3 is 29.0 Å². The van der Waals surface area contributed by atoms with E-state index in [1.807, 2.05) is 51.1 Å². The first kappa shape index (κ1) is 27.1. The quantitative estimate of drug-likeness (QED) is 0.417. The highest BCUT2D eigenvalue weighted by molar-refractivity contribution is 5.70. The van der Waals surface area contributed by atoms with Gasteiger partial charge in [0.05, 0.1) is 19.6 Å². The maximum Gasteiger partial charge on any atom is 0.307 e. The SMILES string of the molecule is CCOC(=O)C[C@H](NC(C)CCCC(C)C)[C@H]1O[C@@H]2OC(C)(C)O[C@@H]2[C@H]1OCc1ccccc1. The van der Waals surface area contributed by atoms with Crippen LogP contribution in [0.1, 0.15) is 72.8 Å². The molecule has 0 aromatic heterocycles. The molecule has 1 aromatic carbocycles. The maximum absolute atomic E-state index is 12.5. The van der Waals surface area contributed by atoms with Crippen molar-refractivity contribution in [1.29, 1.82) is 0 Å². The number of carbonyl (C=O) groups excluding carboxylic acids is 1. The summed E-state index contributed by atoms with van der Waals surface area (Å²) < 4.78 is 30.3. The van der Waals surface area contributed by atoms with Gasteiger partial charge in [-0.15, -0.1) is 0 Å². The number of ether oxygens (including phenoxy) is 5. The molecule has 192 valence electrons. The van der Waals surface area contributed by atoms with Gasteiger partial charge in [-0.3, -0.25) is 4.79 Å². The van der Waals surface area contributed by atoms with Crippen molar-refractivity contribution in [1.82, 2.24) is 5.32 Å². The average Bonchev–Trinajstić information content (AvgIpc) is 3.24. The Bertz CT molecular complexity index is 755. The number of nitrogens with one attached hydrogen (secondary N) is 1. The van der Waals surface area contributed by atoms with E-state index in [-0.39, 0.29) is 36.7 Å². The fourth-order valence-electron chi connectivity index (χ4n) is 4.73. The highest BCUT2D eigenvalue weighted by atomic mass is 16.8. The van der Waals surface area contributed by atoms with Gasteiger partial charge in [0, 0.05) is 12.1 Å². The highest BCUT2D eigenvalue weighted by Gasteiger charge is 2.57. The summed E-state index contributed by atoms with van der Waals surface area (Å²) >= 11 is 0. The Morgan fingerprint density at radius 2 is 1.85 bits per heavy atom. The summed E-state index contributed by atoms with van der Waals surface area (Å²) in [5, 5.41) is 3.64. The molecule has 1 N–H and O–H groups in total. The second-order valence-electron chi connectivity index (χ2n) is 10.3. The van der Waals surface area contributed by atoms with Gasteiger partial charge in [-0.2, -0.15) is 0 Å². The van der Waals surface area contributed by atoms with Crippen LogP contribution in [0.25, 0.3) is 0 Å². The fourth-order valence-corrected chi connectivity index (χ4v) is 4.73. The molecule has 7 heteroatoms. The second kappa shape index (κ2) is 12.5. The molecule has 2 fully saturated rings. The van der Waals surface area contributed by atoms with Gasteiger partial charge in [-0.1, -0.05) is 57.0 Å². The molecule has 7 nitrogen and oxygen atoms in total. The van der Waals surface area contributed by atoms with Crippen molar-refractivity contribution in [3.63, 3.8) is 0 Å². The molecular weight excluding hydrogens is 434 g/mol. The molecule has 0 spiro atoms. The first-order valence-corrected chi connectivity index (χ1v) is 12.8. The summed E-state index contributed by atoms with van der Waals surface area (Å²) in [5.41, 5.74) is 1.07. The molecular formula is C27H43NO6. The number of fused-ring (bicyclic) bond motifs is 1. The standard InChI is InChI=1S/C27H43NO6/c1-7-30-22(29)16-21(28-19(4)13-11-12-18(2)3)23-24(31-17-20-14-9-8-10-15-20)25-26(32-23)34-27(5,6)33-25/h8-10,14-15,18-19,21,23-26,28H,7,11-13,16-17H2,1-6H3/t19?,21-,23+,24-,25+,26+/m0/s1. The number of hydrogen-bond acceptors (Lipinski definition) is 7. The van der Waals surface area contributed by atoms with Crippen LogP contribution < -0.4 is 5.32 Å². The Labute approximate surface area is 204 Å². The largest absolute Gasteiger partial charge is 0.466 e. The van der Waals surface area contributed by atoms with Crippen LogP contribution in [0.3, 0.4) is 0 Å². The topological polar surface area (TPSA) is 75.3 Å². The van der Waals surface area contributed by atoms with E-state index in [0.29, 0.717) is 19.1 Å². The number of esters is 1. The Hall–Kier alpha value is -1.51. The zero-order chi connectivity index (χ0) is 24.7. The summed E-state index contributed by atoms with van der Waals surface area (Å²) in [6.07, 6.45) is 1.82. The number of carbonyl (C=O) groups is 1. The molecule has 0 amide bonds. The number of hydrogen-bond donors (Lipinski definition) is 1. The van der Waals surface area contributed by atoms with E-state index in [1.165, 1.54) is 6.42 Å². The van der Waals surface area contributed by atoms with Gasteiger partial charge in [0.15, 0.2) is 12.1 Å². The predicted octanol–water partition coefficient (Wildman–Crippen LogP) is 4.57. The van der Waals surface area contributed by atoms with Gasteiger partial charge in [0.25, 0.3) is 0 Å². The molecule has 3 rings (SSSR count). The van der Waals surface area contributed by atoms with Crippen molar-refractivity contribution >= 4 is 5.97 Å². The van der Waals surface area contributed by atoms with E-state index < -0.39 is 18.2 Å². The van der Waals surface area contributed by atoms with Crippen LogP contribution in [0.4, 0.5) is 0 Å². The number of rotatable bonds is 13. The molecule has 2 aliphatic rings. The normalized spacial score (nSPS) is 27.5. The molecule has 0 bridgehead atoms. The van der Waals surface area contributed by atoms with Crippen LogP contribution in [-0.4, -0.2) is 55.0 Å². The minimum Gasteiger partial charge on any atom is -0.466 e. The van der Waals surface area contributed by atoms with E-state index >= 15 is 0 Å². The van der Waals surface area contributed by atoms with Crippen LogP contribution in [0.2, 0.25) is 0 Å². The molecule has 0 radical (unpaired) electrons. The van der Waals surface area contributed by atoms with Crippen LogP contribution >= 0.6 is 0 Å². The Morgan fingerprint density at radius 1 is 1.12 bits per heavy atom. The van der Waals surface area contributed by atoms with E-state index in [2.05, 4.69) is 26.1 Å². The Morgan fingerprint density at radius 3 is 2.53 bits per heavy atom. The fraction of sp³-hybridized carbons (Fsp3) is 0.741. The van der Waals surface area contributed by atoms with Crippen molar-refractivity contribution in [3.8, 4) is 0 Å². The lowest BCUT2D eigenvalue weighted by atomic mass is 9.98. The molecule has 2 aliphatic heterocycles. The van der Waals surface area contributed by atoms with Crippen molar-refractivity contribution in [2.45, 2.75) is 116 Å². The van der Waals surface area contributed by atoms with Gasteiger partial charge >= 0.3 is 5.97 Å². The lowest BCUT2D eigenvalue weighted by Gasteiger charge is -2.33. The molecule has 1 unspecified atom stereocenters. The molecule has 2 heterocycles. The second-order valence-corrected chi connectivity index (χ2v) is 10.3. The van der Waals surface area contributed by atoms with Gasteiger partial charge in [0.1, 0.15) is 18.3 Å². The summed E-state index contributed by atoms with van der Waals surface area (Å²) in [4.78, 5) is 12.5. The van der Waals surface area contributed by atoms with Crippen molar-refractivity contribution in [2.24, 2.45) is 5.92 Å². The van der Waals surface area contributed by atoms with Crippen molar-refractivity contribution in [2.75, 3.05) is 6.61 Å². The molecule has 0 saturated carbocycles. The van der Waals surface area contributed by atoms with Gasteiger partial charge in [-0.05, 0) is 45.6 Å². The molecule has 0 aliphatic carbocycles. The van der Waals surface area contributed by atoms with E-state index in [9.17, 15) is 4.79 Å². The van der Waals surface area contributed by atoms with Crippen LogP contribution in [0, 0.1) is 5.92 Å². The minimum absolute atomic E-state index is 0.195. The Balaban J connectivity index is 1.75. The van der Waals surface area contributed by atoms with E-state index in [1.54, 1.807) is 0 Å². The maximum atomic E-state index is 12.5. The highest BCUT2D eigenvalue weighted by Crippen LogP contribution is 2.40. The lowest BCUT2D eigenvalue weighted by Crippen LogP contribution is -2.52. The van der Waals surface area contributed by atoms with Crippen LogP contribution in [0.15, 0.2) is 30.3 Å². The average molecular weight is 478 g/mol. The lowest BCUT2D eigenvalue weighted by molar-refractivity contribution is -0.223. The summed E-state index contributed by atoms with van der Waals surface area (Å²) in [6.45, 7) is 13.0. The van der Waals surface area contributed by atoms with Crippen LogP contribution in [0.5, 0.6) is 0 Å². The molecule has 1 aromatic rings. The third-order valence-electron chi connectivity index (χ3n) is 6.32. The first-order chi connectivity index (χ1) is 16.2. The summed E-state index contributed by atoms with van der Waals surface area (Å²) in [7, 11) is 0. The van der Waals surface area contributed by atoms with Crippen LogP contribution in [-0.2, 0) is 35.1 Å². The third kappa shape index (κ3) is 7.75. The molecule has 6 atom stereocenters. The minimum atomic E-state index is -0.747. The zero-order valence-corrected chi connectivity index (χ0v) is 21.6. The first-order valence-electron chi connectivity index (χ1n) is 12.8. The summed E-state index contributed by atoms with van der Waals surface area (Å²) in [5.74, 6) is -0.324. The Kier molecular flexibility index (Phi) is 9.92. The smallest absolute Gasteiger partial charge is 0.307 e. The summed E-state index contributed by atoms with van der Waals surface area (Å²) in [6, 6.07) is 9.97. The van der Waals surface area contributed by atoms with Crippen molar-refractivity contribution in [3.05, 3.63) is 35.9 Å². The molecule has 2 saturated heterocycles. The number of benzene rings is 1. The van der Waals surface area contributed by atoms with Gasteiger partial charge in [-0.25, -0.2) is 0 Å². The predicted molar refractivity (Wildman–Crippen MR) is 130 cm³/mol. The van der Waals surface area contributed by atoms with E-state index in [4.69, 9.17) is 23.7 Å². The zero-order valence-electron chi connectivity index (χ0n) is 21.6. The van der Waals surface area contributed by atoms with Gasteiger partial charge in [0.2, 0.25) is 0 Å². The molecule has 34 heavy (non-hydrogen) atoms. The monoisotopic (exact) mass is 477 g/mol. The van der Waals surface area contributed by atoms with E-state index in [0.717, 1.165) is 18.4 Å². The third-order valence-corrected chi connectivity index (χ3v) is 6.32. The van der Waals surface area contributed by atoms with Crippen molar-refractivity contribution < 1.29 is 28.5 Å².